The second kappa shape index (κ2) is 7.06. The van der Waals surface area contributed by atoms with Gasteiger partial charge in [-0.15, -0.1) is 0 Å². The Morgan fingerprint density at radius 1 is 0.885 bits per heavy atom. The molecule has 0 radical (unpaired) electrons. The number of rotatable bonds is 4. The first-order chi connectivity index (χ1) is 12.7. The summed E-state index contributed by atoms with van der Waals surface area (Å²) in [6.45, 7) is 0. The molecule has 0 saturated carbocycles. The molecule has 0 aliphatic carbocycles. The molecule has 1 N–H and O–H groups in total. The van der Waals surface area contributed by atoms with E-state index in [4.69, 9.17) is 16.0 Å². The van der Waals surface area contributed by atoms with E-state index in [1.165, 1.54) is 0 Å². The topological polar surface area (TPSA) is 38.1 Å². The maximum Gasteiger partial charge on any atom is 0.227 e. The van der Waals surface area contributed by atoms with Gasteiger partial charge in [-0.05, 0) is 53.6 Å². The predicted octanol–water partition coefficient (Wildman–Crippen LogP) is 6.36. The molecule has 0 bridgehead atoms. The van der Waals surface area contributed by atoms with E-state index < -0.39 is 0 Å². The van der Waals surface area contributed by atoms with Crippen molar-refractivity contribution in [2.75, 3.05) is 12.4 Å². The first-order valence-corrected chi connectivity index (χ1v) is 8.71. The van der Waals surface area contributed by atoms with Crippen molar-refractivity contribution in [3.63, 3.8) is 0 Å². The van der Waals surface area contributed by atoms with Crippen LogP contribution in [0.2, 0.25) is 5.02 Å². The molecule has 3 aromatic carbocycles. The van der Waals surface area contributed by atoms with Gasteiger partial charge in [0.2, 0.25) is 5.89 Å². The van der Waals surface area contributed by atoms with Crippen LogP contribution in [0.1, 0.15) is 11.1 Å². The van der Waals surface area contributed by atoms with Crippen molar-refractivity contribution in [2.45, 2.75) is 0 Å². The van der Waals surface area contributed by atoms with E-state index >= 15 is 0 Å². The lowest BCUT2D eigenvalue weighted by atomic mass is 10.1. The average Bonchev–Trinajstić information content (AvgIpc) is 3.10. The normalized spacial score (nSPS) is 11.3. The van der Waals surface area contributed by atoms with Crippen molar-refractivity contribution < 1.29 is 4.42 Å². The number of halogens is 1. The van der Waals surface area contributed by atoms with Crippen LogP contribution in [0.15, 0.2) is 71.1 Å². The summed E-state index contributed by atoms with van der Waals surface area (Å²) in [5.74, 6) is 0.598. The Hall–Kier alpha value is -3.04. The maximum absolute atomic E-state index is 6.00. The van der Waals surface area contributed by atoms with E-state index in [-0.39, 0.29) is 0 Å². The highest BCUT2D eigenvalue weighted by molar-refractivity contribution is 6.31. The van der Waals surface area contributed by atoms with Crippen LogP contribution in [0.4, 0.5) is 5.69 Å². The third-order valence-electron chi connectivity index (χ3n) is 4.17. The Kier molecular flexibility index (Phi) is 4.46. The smallest absolute Gasteiger partial charge is 0.227 e. The SMILES string of the molecule is CNc1ccc(/C=C/c2ccc(-c3nc4cc(Cl)ccc4o3)cc2)cc1. The molecule has 4 heteroatoms. The van der Waals surface area contributed by atoms with Crippen molar-refractivity contribution in [3.8, 4) is 11.5 Å². The number of benzene rings is 3. The van der Waals surface area contributed by atoms with Crippen molar-refractivity contribution >= 4 is 40.5 Å². The Balaban J connectivity index is 1.54. The van der Waals surface area contributed by atoms with Crippen molar-refractivity contribution in [1.82, 2.24) is 4.98 Å². The van der Waals surface area contributed by atoms with Gasteiger partial charge in [0.15, 0.2) is 5.58 Å². The average molecular weight is 361 g/mol. The highest BCUT2D eigenvalue weighted by atomic mass is 35.5. The molecule has 0 amide bonds. The van der Waals surface area contributed by atoms with Gasteiger partial charge in [-0.25, -0.2) is 4.98 Å². The summed E-state index contributed by atoms with van der Waals surface area (Å²) >= 11 is 6.00. The van der Waals surface area contributed by atoms with E-state index in [0.717, 1.165) is 33.5 Å². The summed E-state index contributed by atoms with van der Waals surface area (Å²) in [4.78, 5) is 4.51. The van der Waals surface area contributed by atoms with Gasteiger partial charge in [-0.1, -0.05) is 48.0 Å². The number of nitrogens with one attached hydrogen (secondary N) is 1. The van der Waals surface area contributed by atoms with Gasteiger partial charge in [-0.3, -0.25) is 0 Å². The highest BCUT2D eigenvalue weighted by Gasteiger charge is 2.08. The summed E-state index contributed by atoms with van der Waals surface area (Å²) in [7, 11) is 1.91. The van der Waals surface area contributed by atoms with Crippen LogP contribution in [0, 0.1) is 0 Å². The maximum atomic E-state index is 6.00. The fraction of sp³-hybridized carbons (Fsp3) is 0.0455. The minimum absolute atomic E-state index is 0.598. The fourth-order valence-corrected chi connectivity index (χ4v) is 2.88. The Bertz CT molecular complexity index is 1060. The van der Waals surface area contributed by atoms with E-state index in [1.807, 2.05) is 25.2 Å². The summed E-state index contributed by atoms with van der Waals surface area (Å²) in [5.41, 5.74) is 5.81. The molecule has 1 heterocycles. The molecule has 4 rings (SSSR count). The van der Waals surface area contributed by atoms with Crippen LogP contribution in [0.25, 0.3) is 34.7 Å². The van der Waals surface area contributed by atoms with Gasteiger partial charge < -0.3 is 9.73 Å². The van der Waals surface area contributed by atoms with Gasteiger partial charge in [0, 0.05) is 23.3 Å². The van der Waals surface area contributed by atoms with E-state index in [1.54, 1.807) is 12.1 Å². The van der Waals surface area contributed by atoms with Crippen LogP contribution in [0.5, 0.6) is 0 Å². The quantitative estimate of drug-likeness (QED) is 0.430. The molecule has 26 heavy (non-hydrogen) atoms. The molecular weight excluding hydrogens is 344 g/mol. The first-order valence-electron chi connectivity index (χ1n) is 8.34. The number of nitrogens with zero attached hydrogens (tertiary/aromatic N) is 1. The van der Waals surface area contributed by atoms with Gasteiger partial charge in [0.1, 0.15) is 5.52 Å². The van der Waals surface area contributed by atoms with Crippen LogP contribution in [0.3, 0.4) is 0 Å². The number of fused-ring (bicyclic) bond motifs is 1. The number of hydrogen-bond acceptors (Lipinski definition) is 3. The third kappa shape index (κ3) is 3.48. The van der Waals surface area contributed by atoms with Crippen molar-refractivity contribution in [2.24, 2.45) is 0 Å². The molecule has 3 nitrogen and oxygen atoms in total. The molecule has 128 valence electrons. The fourth-order valence-electron chi connectivity index (χ4n) is 2.71. The van der Waals surface area contributed by atoms with Crippen LogP contribution in [-0.2, 0) is 0 Å². The molecule has 0 fully saturated rings. The second-order valence-corrected chi connectivity index (χ2v) is 6.39. The summed E-state index contributed by atoms with van der Waals surface area (Å²) in [5, 5.41) is 3.77. The second-order valence-electron chi connectivity index (χ2n) is 5.96. The van der Waals surface area contributed by atoms with Gasteiger partial charge in [0.05, 0.1) is 0 Å². The lowest BCUT2D eigenvalue weighted by molar-refractivity contribution is 0.620. The standard InChI is InChI=1S/C22H17ClN2O/c1-24-19-11-6-16(7-12-19)3-2-15-4-8-17(9-5-15)22-25-20-14-18(23)10-13-21(20)26-22/h2-14,24H,1H3/b3-2+. The van der Waals surface area contributed by atoms with Crippen molar-refractivity contribution in [1.29, 1.82) is 0 Å². The summed E-state index contributed by atoms with van der Waals surface area (Å²) in [6.07, 6.45) is 4.18. The minimum atomic E-state index is 0.598. The number of anilines is 1. The lowest BCUT2D eigenvalue weighted by Gasteiger charge is -2.00. The zero-order valence-corrected chi connectivity index (χ0v) is 15.0. The largest absolute Gasteiger partial charge is 0.436 e. The van der Waals surface area contributed by atoms with Gasteiger partial charge >= 0.3 is 0 Å². The first kappa shape index (κ1) is 16.4. The Labute approximate surface area is 156 Å². The Morgan fingerprint density at radius 2 is 1.54 bits per heavy atom. The monoisotopic (exact) mass is 360 g/mol. The molecule has 0 aliphatic heterocycles. The number of hydrogen-bond donors (Lipinski definition) is 1. The van der Waals surface area contributed by atoms with E-state index in [2.05, 4.69) is 58.9 Å². The predicted molar refractivity (Wildman–Crippen MR) is 109 cm³/mol. The third-order valence-corrected chi connectivity index (χ3v) is 4.41. The lowest BCUT2D eigenvalue weighted by Crippen LogP contribution is -1.86. The Morgan fingerprint density at radius 3 is 2.19 bits per heavy atom. The van der Waals surface area contributed by atoms with E-state index in [0.29, 0.717) is 10.9 Å². The molecule has 0 unspecified atom stereocenters. The molecule has 0 saturated heterocycles. The zero-order valence-electron chi connectivity index (χ0n) is 14.2. The van der Waals surface area contributed by atoms with Crippen LogP contribution >= 0.6 is 11.6 Å². The van der Waals surface area contributed by atoms with Crippen LogP contribution in [-0.4, -0.2) is 12.0 Å². The number of oxazole rings is 1. The molecule has 0 spiro atoms. The molecule has 4 aromatic rings. The van der Waals surface area contributed by atoms with Crippen LogP contribution < -0.4 is 5.32 Å². The number of aromatic nitrogens is 1. The highest BCUT2D eigenvalue weighted by Crippen LogP contribution is 2.26. The molecule has 1 aromatic heterocycles. The zero-order chi connectivity index (χ0) is 17.9. The summed E-state index contributed by atoms with van der Waals surface area (Å²) in [6, 6.07) is 21.9. The van der Waals surface area contributed by atoms with E-state index in [9.17, 15) is 0 Å². The van der Waals surface area contributed by atoms with Gasteiger partial charge in [-0.2, -0.15) is 0 Å². The minimum Gasteiger partial charge on any atom is -0.436 e. The summed E-state index contributed by atoms with van der Waals surface area (Å²) < 4.78 is 5.81. The molecule has 0 aliphatic rings. The van der Waals surface area contributed by atoms with Gasteiger partial charge in [0.25, 0.3) is 0 Å². The molecular formula is C22H17ClN2O. The molecule has 0 atom stereocenters. The van der Waals surface area contributed by atoms with Crippen molar-refractivity contribution in [3.05, 3.63) is 82.9 Å².